The summed E-state index contributed by atoms with van der Waals surface area (Å²) in [7, 11) is 0. The number of nitrogens with one attached hydrogen (secondary N) is 1. The molecule has 2 aliphatic rings. The molecule has 2 fully saturated rings. The Hall–Kier alpha value is -0.580. The predicted octanol–water partition coefficient (Wildman–Crippen LogP) is 2.93. The first-order chi connectivity index (χ1) is 9.22. The van der Waals surface area contributed by atoms with Crippen LogP contribution in [0.25, 0.3) is 0 Å². The molecule has 3 rings (SSSR count). The van der Waals surface area contributed by atoms with Crippen LogP contribution in [0.2, 0.25) is 0 Å². The Morgan fingerprint density at radius 2 is 2.26 bits per heavy atom. The Bertz CT molecular complexity index is 448. The monoisotopic (exact) mass is 324 g/mol. The number of rotatable bonds is 4. The SMILES string of the molecule is CC1CN(c2cc(Br)ccc2CNC2CC2)CCO1. The summed E-state index contributed by atoms with van der Waals surface area (Å²) in [5.74, 6) is 0. The summed E-state index contributed by atoms with van der Waals surface area (Å²) >= 11 is 3.59. The van der Waals surface area contributed by atoms with Gasteiger partial charge in [0.2, 0.25) is 0 Å². The van der Waals surface area contributed by atoms with Gasteiger partial charge in [-0.3, -0.25) is 0 Å². The molecule has 1 heterocycles. The first-order valence-electron chi connectivity index (χ1n) is 7.11. The molecule has 3 nitrogen and oxygen atoms in total. The zero-order chi connectivity index (χ0) is 13.2. The highest BCUT2D eigenvalue weighted by Gasteiger charge is 2.22. The molecule has 1 saturated heterocycles. The molecule has 1 unspecified atom stereocenters. The van der Waals surface area contributed by atoms with E-state index in [9.17, 15) is 0 Å². The van der Waals surface area contributed by atoms with Gasteiger partial charge in [-0.05, 0) is 37.5 Å². The lowest BCUT2D eigenvalue weighted by atomic mass is 10.1. The van der Waals surface area contributed by atoms with Gasteiger partial charge >= 0.3 is 0 Å². The van der Waals surface area contributed by atoms with Crippen molar-refractivity contribution in [3.05, 3.63) is 28.2 Å². The fourth-order valence-corrected chi connectivity index (χ4v) is 2.91. The predicted molar refractivity (Wildman–Crippen MR) is 81.6 cm³/mol. The number of anilines is 1. The summed E-state index contributed by atoms with van der Waals surface area (Å²) in [6.07, 6.45) is 2.98. The van der Waals surface area contributed by atoms with Gasteiger partial charge in [0.15, 0.2) is 0 Å². The van der Waals surface area contributed by atoms with Gasteiger partial charge in [0, 0.05) is 35.8 Å². The average Bonchev–Trinajstić information content (AvgIpc) is 3.21. The maximum Gasteiger partial charge on any atom is 0.0722 e. The van der Waals surface area contributed by atoms with Crippen LogP contribution in [-0.2, 0) is 11.3 Å². The highest BCUT2D eigenvalue weighted by atomic mass is 79.9. The van der Waals surface area contributed by atoms with Crippen LogP contribution in [0.15, 0.2) is 22.7 Å². The van der Waals surface area contributed by atoms with E-state index in [1.807, 2.05) is 0 Å². The van der Waals surface area contributed by atoms with Crippen LogP contribution in [0, 0.1) is 0 Å². The summed E-state index contributed by atoms with van der Waals surface area (Å²) in [4.78, 5) is 2.45. The summed E-state index contributed by atoms with van der Waals surface area (Å²) in [6, 6.07) is 7.36. The molecule has 0 radical (unpaired) electrons. The molecule has 1 atom stereocenters. The van der Waals surface area contributed by atoms with Crippen molar-refractivity contribution in [1.82, 2.24) is 5.32 Å². The lowest BCUT2D eigenvalue weighted by molar-refractivity contribution is 0.0531. The maximum absolute atomic E-state index is 5.64. The smallest absolute Gasteiger partial charge is 0.0722 e. The second-order valence-corrected chi connectivity index (χ2v) is 6.47. The van der Waals surface area contributed by atoms with Gasteiger partial charge < -0.3 is 15.0 Å². The first-order valence-corrected chi connectivity index (χ1v) is 7.90. The summed E-state index contributed by atoms with van der Waals surface area (Å²) in [5, 5.41) is 3.61. The van der Waals surface area contributed by atoms with E-state index in [4.69, 9.17) is 4.74 Å². The van der Waals surface area contributed by atoms with Crippen molar-refractivity contribution in [2.75, 3.05) is 24.6 Å². The van der Waals surface area contributed by atoms with Crippen LogP contribution < -0.4 is 10.2 Å². The Morgan fingerprint density at radius 3 is 3.00 bits per heavy atom. The molecule has 1 aromatic carbocycles. The van der Waals surface area contributed by atoms with Crippen LogP contribution in [0.1, 0.15) is 25.3 Å². The van der Waals surface area contributed by atoms with Crippen LogP contribution in [0.3, 0.4) is 0 Å². The van der Waals surface area contributed by atoms with E-state index in [1.165, 1.54) is 24.1 Å². The number of nitrogens with zero attached hydrogens (tertiary/aromatic N) is 1. The van der Waals surface area contributed by atoms with Gasteiger partial charge in [-0.1, -0.05) is 22.0 Å². The largest absolute Gasteiger partial charge is 0.375 e. The zero-order valence-electron chi connectivity index (χ0n) is 11.4. The Balaban J connectivity index is 1.77. The van der Waals surface area contributed by atoms with Gasteiger partial charge in [-0.2, -0.15) is 0 Å². The fraction of sp³-hybridized carbons (Fsp3) is 0.600. The molecule has 1 aliphatic heterocycles. The molecule has 0 bridgehead atoms. The molecule has 19 heavy (non-hydrogen) atoms. The summed E-state index contributed by atoms with van der Waals surface area (Å²) in [6.45, 7) is 5.90. The minimum absolute atomic E-state index is 0.317. The van der Waals surface area contributed by atoms with Crippen molar-refractivity contribution in [3.8, 4) is 0 Å². The molecule has 1 saturated carbocycles. The van der Waals surface area contributed by atoms with E-state index in [0.29, 0.717) is 6.10 Å². The molecule has 1 aliphatic carbocycles. The molecule has 1 aromatic rings. The highest BCUT2D eigenvalue weighted by Crippen LogP contribution is 2.28. The maximum atomic E-state index is 5.64. The second-order valence-electron chi connectivity index (χ2n) is 5.56. The third-order valence-electron chi connectivity index (χ3n) is 3.79. The van der Waals surface area contributed by atoms with Crippen molar-refractivity contribution in [3.63, 3.8) is 0 Å². The molecular formula is C15H21BrN2O. The van der Waals surface area contributed by atoms with E-state index < -0.39 is 0 Å². The lowest BCUT2D eigenvalue weighted by Crippen LogP contribution is -2.41. The normalized spacial score (nSPS) is 23.7. The van der Waals surface area contributed by atoms with E-state index in [2.05, 4.69) is 51.3 Å². The molecular weight excluding hydrogens is 304 g/mol. The minimum Gasteiger partial charge on any atom is -0.375 e. The van der Waals surface area contributed by atoms with Gasteiger partial charge in [0.1, 0.15) is 0 Å². The topological polar surface area (TPSA) is 24.5 Å². The summed E-state index contributed by atoms with van der Waals surface area (Å²) in [5.41, 5.74) is 2.74. The van der Waals surface area contributed by atoms with E-state index >= 15 is 0 Å². The van der Waals surface area contributed by atoms with Gasteiger partial charge in [0.05, 0.1) is 12.7 Å². The molecule has 1 N–H and O–H groups in total. The van der Waals surface area contributed by atoms with Crippen LogP contribution >= 0.6 is 15.9 Å². The second kappa shape index (κ2) is 5.81. The minimum atomic E-state index is 0.317. The van der Waals surface area contributed by atoms with Gasteiger partial charge in [-0.15, -0.1) is 0 Å². The van der Waals surface area contributed by atoms with E-state index in [0.717, 1.165) is 36.8 Å². The van der Waals surface area contributed by atoms with Crippen molar-refractivity contribution in [1.29, 1.82) is 0 Å². The lowest BCUT2D eigenvalue weighted by Gasteiger charge is -2.34. The molecule has 4 heteroatoms. The number of morpholine rings is 1. The Morgan fingerprint density at radius 1 is 1.42 bits per heavy atom. The molecule has 0 amide bonds. The zero-order valence-corrected chi connectivity index (χ0v) is 12.9. The number of hydrogen-bond donors (Lipinski definition) is 1. The van der Waals surface area contributed by atoms with E-state index in [-0.39, 0.29) is 0 Å². The molecule has 104 valence electrons. The number of ether oxygens (including phenoxy) is 1. The van der Waals surface area contributed by atoms with Crippen LogP contribution in [0.5, 0.6) is 0 Å². The molecule has 0 spiro atoms. The van der Waals surface area contributed by atoms with Gasteiger partial charge in [0.25, 0.3) is 0 Å². The average molecular weight is 325 g/mol. The fourth-order valence-electron chi connectivity index (χ4n) is 2.56. The van der Waals surface area contributed by atoms with Crippen molar-refractivity contribution < 1.29 is 4.74 Å². The third-order valence-corrected chi connectivity index (χ3v) is 4.28. The van der Waals surface area contributed by atoms with Crippen molar-refractivity contribution >= 4 is 21.6 Å². The van der Waals surface area contributed by atoms with Gasteiger partial charge in [-0.25, -0.2) is 0 Å². The first kappa shape index (κ1) is 13.4. The Kier molecular flexibility index (Phi) is 4.10. The van der Waals surface area contributed by atoms with Crippen LogP contribution in [-0.4, -0.2) is 31.8 Å². The highest BCUT2D eigenvalue weighted by molar-refractivity contribution is 9.10. The quantitative estimate of drug-likeness (QED) is 0.921. The van der Waals surface area contributed by atoms with Crippen LogP contribution in [0.4, 0.5) is 5.69 Å². The molecule has 0 aromatic heterocycles. The standard InChI is InChI=1S/C15H21BrN2O/c1-11-10-18(6-7-19-11)15-8-13(16)3-2-12(15)9-17-14-4-5-14/h2-3,8,11,14,17H,4-7,9-10H2,1H3. The third kappa shape index (κ3) is 3.50. The number of hydrogen-bond acceptors (Lipinski definition) is 3. The number of halogens is 1. The van der Waals surface area contributed by atoms with E-state index in [1.54, 1.807) is 0 Å². The summed E-state index contributed by atoms with van der Waals surface area (Å²) < 4.78 is 6.79. The Labute approximate surface area is 123 Å². The number of benzene rings is 1. The van der Waals surface area contributed by atoms with Crippen molar-refractivity contribution in [2.45, 2.75) is 38.5 Å². The van der Waals surface area contributed by atoms with Crippen molar-refractivity contribution in [2.24, 2.45) is 0 Å².